The molecule has 0 heterocycles. The third kappa shape index (κ3) is 7.66. The molecule has 0 radical (unpaired) electrons. The molecule has 0 aliphatic rings. The van der Waals surface area contributed by atoms with Gasteiger partial charge in [-0.2, -0.15) is 0 Å². The van der Waals surface area contributed by atoms with Gasteiger partial charge in [0.2, 0.25) is 17.7 Å². The van der Waals surface area contributed by atoms with Crippen LogP contribution in [0.25, 0.3) is 0 Å². The zero-order valence-corrected chi connectivity index (χ0v) is 24.4. The summed E-state index contributed by atoms with van der Waals surface area (Å²) in [5, 5.41) is 6.23. The molecule has 0 saturated carbocycles. The summed E-state index contributed by atoms with van der Waals surface area (Å²) in [6.07, 6.45) is 1.85. The van der Waals surface area contributed by atoms with E-state index in [2.05, 4.69) is 10.6 Å². The molecular formula is C29H48N4O3. The van der Waals surface area contributed by atoms with Crippen molar-refractivity contribution in [3.8, 4) is 0 Å². The first-order chi connectivity index (χ1) is 16.5. The highest BCUT2D eigenvalue weighted by molar-refractivity contribution is 5.93. The van der Waals surface area contributed by atoms with Crippen molar-refractivity contribution in [1.82, 2.24) is 20.4 Å². The lowest BCUT2D eigenvalue weighted by molar-refractivity contribution is -0.141. The average Bonchev–Trinajstić information content (AvgIpc) is 2.79. The molecule has 1 aromatic carbocycles. The molecule has 0 aliphatic heterocycles. The van der Waals surface area contributed by atoms with Crippen molar-refractivity contribution in [2.24, 2.45) is 11.3 Å². The maximum atomic E-state index is 13.9. The number of amides is 3. The van der Waals surface area contributed by atoms with E-state index in [4.69, 9.17) is 0 Å². The Morgan fingerprint density at radius 2 is 1.44 bits per heavy atom. The smallest absolute Gasteiger partial charge is 0.248 e. The molecule has 1 aromatic rings. The third-order valence-corrected chi connectivity index (χ3v) is 6.83. The number of hydrogen-bond donors (Lipinski definition) is 2. The van der Waals surface area contributed by atoms with Crippen LogP contribution >= 0.6 is 0 Å². The second kappa shape index (κ2) is 12.5. The third-order valence-electron chi connectivity index (χ3n) is 6.83. The van der Waals surface area contributed by atoms with Gasteiger partial charge in [-0.1, -0.05) is 84.9 Å². The normalized spacial score (nSPS) is 15.2. The molecule has 1 rings (SSSR count). The van der Waals surface area contributed by atoms with Gasteiger partial charge in [0, 0.05) is 32.1 Å². The van der Waals surface area contributed by atoms with Crippen LogP contribution in [-0.4, -0.2) is 73.8 Å². The zero-order valence-electron chi connectivity index (χ0n) is 24.4. The quantitative estimate of drug-likeness (QED) is 0.481. The topological polar surface area (TPSA) is 81.8 Å². The minimum absolute atomic E-state index is 0.0715. The highest BCUT2D eigenvalue weighted by Crippen LogP contribution is 2.29. The fourth-order valence-corrected chi connectivity index (χ4v) is 4.51. The molecule has 3 atom stereocenters. The Morgan fingerprint density at radius 3 is 1.86 bits per heavy atom. The van der Waals surface area contributed by atoms with Crippen LogP contribution < -0.4 is 10.6 Å². The number of nitrogens with zero attached hydrogens (tertiary/aromatic N) is 2. The molecule has 0 saturated heterocycles. The van der Waals surface area contributed by atoms with Gasteiger partial charge in [0.1, 0.15) is 6.04 Å². The molecule has 202 valence electrons. The average molecular weight is 501 g/mol. The van der Waals surface area contributed by atoms with Gasteiger partial charge in [0.15, 0.2) is 0 Å². The van der Waals surface area contributed by atoms with Crippen LogP contribution in [0.1, 0.15) is 61.0 Å². The molecule has 0 bridgehead atoms. The molecule has 36 heavy (non-hydrogen) atoms. The van der Waals surface area contributed by atoms with Crippen molar-refractivity contribution in [1.29, 1.82) is 0 Å². The van der Waals surface area contributed by atoms with Crippen molar-refractivity contribution in [2.75, 3.05) is 28.2 Å². The van der Waals surface area contributed by atoms with E-state index in [1.165, 1.54) is 4.90 Å². The predicted octanol–water partition coefficient (Wildman–Crippen LogP) is 3.60. The monoisotopic (exact) mass is 500 g/mol. The molecule has 2 N–H and O–H groups in total. The minimum Gasteiger partial charge on any atom is -0.345 e. The van der Waals surface area contributed by atoms with Gasteiger partial charge in [-0.15, -0.1) is 0 Å². The Kier molecular flexibility index (Phi) is 10.9. The molecule has 0 fully saturated rings. The fraction of sp³-hybridized carbons (Fsp3) is 0.621. The van der Waals surface area contributed by atoms with Gasteiger partial charge in [-0.05, 0) is 30.9 Å². The van der Waals surface area contributed by atoms with Crippen LogP contribution in [0.5, 0.6) is 0 Å². The maximum Gasteiger partial charge on any atom is 0.248 e. The van der Waals surface area contributed by atoms with Crippen molar-refractivity contribution >= 4 is 17.7 Å². The second-order valence-electron chi connectivity index (χ2n) is 11.9. The van der Waals surface area contributed by atoms with E-state index in [0.717, 1.165) is 5.56 Å². The Morgan fingerprint density at radius 1 is 0.917 bits per heavy atom. The fourth-order valence-electron chi connectivity index (χ4n) is 4.51. The first-order valence-corrected chi connectivity index (χ1v) is 12.7. The Hall–Kier alpha value is -2.67. The number of carbonyl (C=O) groups excluding carboxylic acids is 3. The predicted molar refractivity (Wildman–Crippen MR) is 148 cm³/mol. The number of carbonyl (C=O) groups is 3. The number of nitrogens with one attached hydrogen (secondary N) is 2. The Balaban J connectivity index is 3.31. The second-order valence-corrected chi connectivity index (χ2v) is 11.9. The largest absolute Gasteiger partial charge is 0.345 e. The van der Waals surface area contributed by atoms with Crippen molar-refractivity contribution < 1.29 is 14.4 Å². The lowest BCUT2D eigenvalue weighted by Gasteiger charge is -2.40. The molecule has 0 aliphatic carbocycles. The Labute approximate surface area is 218 Å². The SMILES string of the molecule is CN[C@H](C(=O)N[C@H](C(=O)N(C)[C@H](C=C(C)C(=O)N(C)C)C(C)C)C(C)(C)C)C(C)(C)c1ccccc1. The maximum absolute atomic E-state index is 13.9. The van der Waals surface area contributed by atoms with E-state index in [1.54, 1.807) is 40.0 Å². The standard InChI is InChI=1S/C29H48N4O3/c1-19(2)22(18-20(3)26(35)32(10)11)33(12)27(36)24(28(4,5)6)31-25(34)23(30-9)29(7,8)21-16-14-13-15-17-21/h13-19,22-24,30H,1-12H3,(H,31,34)/t22-,23-,24-/m1/s1. The summed E-state index contributed by atoms with van der Waals surface area (Å²) in [7, 11) is 6.92. The van der Waals surface area contributed by atoms with Gasteiger partial charge < -0.3 is 20.4 Å². The van der Waals surface area contributed by atoms with E-state index >= 15 is 0 Å². The molecular weight excluding hydrogens is 452 g/mol. The van der Waals surface area contributed by atoms with Gasteiger partial charge in [-0.25, -0.2) is 0 Å². The molecule has 0 aromatic heterocycles. The van der Waals surface area contributed by atoms with E-state index in [1.807, 2.05) is 84.9 Å². The van der Waals surface area contributed by atoms with E-state index in [0.29, 0.717) is 5.57 Å². The highest BCUT2D eigenvalue weighted by atomic mass is 16.2. The van der Waals surface area contributed by atoms with Gasteiger partial charge in [-0.3, -0.25) is 14.4 Å². The van der Waals surface area contributed by atoms with Gasteiger partial charge >= 0.3 is 0 Å². The van der Waals surface area contributed by atoms with Crippen LogP contribution in [0.4, 0.5) is 0 Å². The Bertz CT molecular complexity index is 930. The van der Waals surface area contributed by atoms with Crippen LogP contribution in [0.15, 0.2) is 42.0 Å². The van der Waals surface area contributed by atoms with Crippen LogP contribution in [-0.2, 0) is 19.8 Å². The van der Waals surface area contributed by atoms with Gasteiger partial charge in [0.25, 0.3) is 0 Å². The summed E-state index contributed by atoms with van der Waals surface area (Å²) in [6.45, 7) is 15.7. The van der Waals surface area contributed by atoms with Crippen LogP contribution in [0.3, 0.4) is 0 Å². The van der Waals surface area contributed by atoms with E-state index < -0.39 is 22.9 Å². The summed E-state index contributed by atoms with van der Waals surface area (Å²) in [4.78, 5) is 43.1. The van der Waals surface area contributed by atoms with E-state index in [-0.39, 0.29) is 29.7 Å². The molecule has 0 spiro atoms. The molecule has 0 unspecified atom stereocenters. The van der Waals surface area contributed by atoms with Crippen LogP contribution in [0, 0.1) is 11.3 Å². The van der Waals surface area contributed by atoms with Crippen molar-refractivity contribution in [2.45, 2.75) is 78.9 Å². The lowest BCUT2D eigenvalue weighted by atomic mass is 9.76. The number of rotatable bonds is 10. The summed E-state index contributed by atoms with van der Waals surface area (Å²) in [6, 6.07) is 8.28. The highest BCUT2D eigenvalue weighted by Gasteiger charge is 2.41. The lowest BCUT2D eigenvalue weighted by Crippen LogP contribution is -2.61. The van der Waals surface area contributed by atoms with Crippen molar-refractivity contribution in [3.63, 3.8) is 0 Å². The summed E-state index contributed by atoms with van der Waals surface area (Å²) in [5.74, 6) is -0.448. The zero-order chi connectivity index (χ0) is 28.0. The first-order valence-electron chi connectivity index (χ1n) is 12.7. The number of benzene rings is 1. The van der Waals surface area contributed by atoms with Crippen molar-refractivity contribution in [3.05, 3.63) is 47.5 Å². The molecule has 7 nitrogen and oxygen atoms in total. The molecule has 7 heteroatoms. The van der Waals surface area contributed by atoms with E-state index in [9.17, 15) is 14.4 Å². The summed E-state index contributed by atoms with van der Waals surface area (Å²) < 4.78 is 0. The number of likely N-dealkylation sites (N-methyl/N-ethyl adjacent to an activating group) is 3. The summed E-state index contributed by atoms with van der Waals surface area (Å²) in [5.41, 5.74) is 0.566. The van der Waals surface area contributed by atoms with Gasteiger partial charge in [0.05, 0.1) is 12.1 Å². The molecule has 3 amide bonds. The first kappa shape index (κ1) is 31.4. The number of hydrogen-bond acceptors (Lipinski definition) is 4. The summed E-state index contributed by atoms with van der Waals surface area (Å²) >= 11 is 0. The minimum atomic E-state index is -0.753. The van der Waals surface area contributed by atoms with Crippen LogP contribution in [0.2, 0.25) is 0 Å².